The van der Waals surface area contributed by atoms with E-state index >= 15 is 0 Å². The van der Waals surface area contributed by atoms with Crippen LogP contribution in [-0.4, -0.2) is 5.16 Å². The smallest absolute Gasteiger partial charge is 0.178 e. The van der Waals surface area contributed by atoms with Crippen molar-refractivity contribution in [3.63, 3.8) is 0 Å². The van der Waals surface area contributed by atoms with E-state index in [2.05, 4.69) is 59.6 Å². The minimum atomic E-state index is 0.392. The Morgan fingerprint density at radius 1 is 1.00 bits per heavy atom. The lowest BCUT2D eigenvalue weighted by Gasteiger charge is -2.06. The quantitative estimate of drug-likeness (QED) is 0.441. The van der Waals surface area contributed by atoms with Crippen molar-refractivity contribution in [3.8, 4) is 22.5 Å². The summed E-state index contributed by atoms with van der Waals surface area (Å²) in [6.07, 6.45) is 0. The monoisotopic (exact) mass is 518 g/mol. The molecule has 0 spiro atoms. The minimum Gasteiger partial charge on any atom is -0.380 e. The Kier molecular flexibility index (Phi) is 4.37. The number of hydrogen-bond acceptors (Lipinski definition) is 3. The Hall–Kier alpha value is -0.860. The number of benzene rings is 2. The maximum atomic E-state index is 6.01. The van der Waals surface area contributed by atoms with Crippen molar-refractivity contribution in [3.05, 3.63) is 55.0 Å². The Morgan fingerprint density at radius 2 is 1.67 bits per heavy atom. The topological polar surface area (TPSA) is 52.0 Å². The molecule has 0 atom stereocenters. The summed E-state index contributed by atoms with van der Waals surface area (Å²) in [7, 11) is 0. The van der Waals surface area contributed by atoms with E-state index < -0.39 is 0 Å². The molecule has 21 heavy (non-hydrogen) atoms. The summed E-state index contributed by atoms with van der Waals surface area (Å²) in [5.74, 6) is 1.07. The Bertz CT molecular complexity index is 800. The molecule has 1 aromatic heterocycles. The maximum absolute atomic E-state index is 6.01. The van der Waals surface area contributed by atoms with Gasteiger partial charge in [0.1, 0.15) is 0 Å². The molecular weight excluding hydrogens is 511 g/mol. The highest BCUT2D eigenvalue weighted by Crippen LogP contribution is 2.39. The fourth-order valence-electron chi connectivity index (χ4n) is 2.05. The standard InChI is InChI=1S/C15H9Br2IN2O/c16-9-3-1-8(2-4-9)13-14(21-20-15(13)19)11-7-10(17)5-6-12(11)18/h1-7H,(H2,19,20). The summed E-state index contributed by atoms with van der Waals surface area (Å²) in [6.45, 7) is 0. The molecule has 0 unspecified atom stereocenters. The minimum absolute atomic E-state index is 0.392. The van der Waals surface area contributed by atoms with Gasteiger partial charge in [-0.3, -0.25) is 0 Å². The van der Waals surface area contributed by atoms with Crippen molar-refractivity contribution in [2.45, 2.75) is 0 Å². The predicted octanol–water partition coefficient (Wildman–Crippen LogP) is 5.72. The lowest BCUT2D eigenvalue weighted by Crippen LogP contribution is -1.90. The maximum Gasteiger partial charge on any atom is 0.178 e. The van der Waals surface area contributed by atoms with Crippen LogP contribution in [0.15, 0.2) is 55.9 Å². The summed E-state index contributed by atoms with van der Waals surface area (Å²) in [5, 5.41) is 3.93. The van der Waals surface area contributed by atoms with E-state index in [1.807, 2.05) is 42.5 Å². The van der Waals surface area contributed by atoms with Gasteiger partial charge < -0.3 is 10.3 Å². The number of aromatic nitrogens is 1. The van der Waals surface area contributed by atoms with Gasteiger partial charge in [-0.2, -0.15) is 0 Å². The number of anilines is 1. The number of halogens is 3. The third kappa shape index (κ3) is 3.02. The Labute approximate surface area is 152 Å². The fourth-order valence-corrected chi connectivity index (χ4v) is 3.26. The van der Waals surface area contributed by atoms with E-state index in [1.54, 1.807) is 0 Å². The van der Waals surface area contributed by atoms with Crippen LogP contribution in [0.1, 0.15) is 0 Å². The average Bonchev–Trinajstić information content (AvgIpc) is 2.84. The number of nitrogens with zero attached hydrogens (tertiary/aromatic N) is 1. The molecule has 0 bridgehead atoms. The van der Waals surface area contributed by atoms with Gasteiger partial charge in [0, 0.05) is 18.1 Å². The second-order valence-electron chi connectivity index (χ2n) is 4.40. The van der Waals surface area contributed by atoms with Crippen LogP contribution >= 0.6 is 54.5 Å². The van der Waals surface area contributed by atoms with E-state index in [0.717, 1.165) is 29.2 Å². The fraction of sp³-hybridized carbons (Fsp3) is 0. The van der Waals surface area contributed by atoms with Crippen LogP contribution < -0.4 is 5.73 Å². The summed E-state index contributed by atoms with van der Waals surface area (Å²) in [5.41, 5.74) is 8.76. The van der Waals surface area contributed by atoms with Crippen molar-refractivity contribution in [1.29, 1.82) is 0 Å². The molecule has 0 aliphatic rings. The SMILES string of the molecule is Nc1noc(-c2cc(Br)ccc2I)c1-c1ccc(Br)cc1. The van der Waals surface area contributed by atoms with E-state index in [4.69, 9.17) is 10.3 Å². The average molecular weight is 520 g/mol. The van der Waals surface area contributed by atoms with Crippen LogP contribution in [0.25, 0.3) is 22.5 Å². The number of rotatable bonds is 2. The molecule has 3 nitrogen and oxygen atoms in total. The first kappa shape index (κ1) is 15.1. The lowest BCUT2D eigenvalue weighted by molar-refractivity contribution is 0.436. The highest BCUT2D eigenvalue weighted by atomic mass is 127. The van der Waals surface area contributed by atoms with Gasteiger partial charge in [0.15, 0.2) is 11.6 Å². The molecular formula is C15H9Br2IN2O. The first-order chi connectivity index (χ1) is 10.1. The zero-order chi connectivity index (χ0) is 15.0. The van der Waals surface area contributed by atoms with Crippen molar-refractivity contribution >= 4 is 60.3 Å². The molecule has 0 amide bonds. The zero-order valence-corrected chi connectivity index (χ0v) is 15.9. The van der Waals surface area contributed by atoms with E-state index in [-0.39, 0.29) is 0 Å². The van der Waals surface area contributed by atoms with Gasteiger partial charge in [-0.05, 0) is 58.5 Å². The van der Waals surface area contributed by atoms with Crippen LogP contribution in [0.5, 0.6) is 0 Å². The molecule has 6 heteroatoms. The van der Waals surface area contributed by atoms with Gasteiger partial charge >= 0.3 is 0 Å². The van der Waals surface area contributed by atoms with Crippen LogP contribution in [0.3, 0.4) is 0 Å². The molecule has 0 saturated carbocycles. The normalized spacial score (nSPS) is 10.8. The second kappa shape index (κ2) is 6.10. The van der Waals surface area contributed by atoms with Crippen molar-refractivity contribution in [2.24, 2.45) is 0 Å². The molecule has 3 rings (SSSR count). The molecule has 2 N–H and O–H groups in total. The molecule has 0 radical (unpaired) electrons. The number of nitrogens with two attached hydrogens (primary N) is 1. The molecule has 0 aliphatic heterocycles. The first-order valence-electron chi connectivity index (χ1n) is 6.03. The molecule has 1 heterocycles. The van der Waals surface area contributed by atoms with Crippen LogP contribution in [-0.2, 0) is 0 Å². The third-order valence-corrected chi connectivity index (χ3v) is 4.99. The van der Waals surface area contributed by atoms with Crippen LogP contribution in [0.4, 0.5) is 5.82 Å². The van der Waals surface area contributed by atoms with Gasteiger partial charge in [-0.1, -0.05) is 49.1 Å². The Balaban J connectivity index is 2.21. The molecule has 3 aromatic rings. The van der Waals surface area contributed by atoms with Gasteiger partial charge in [0.2, 0.25) is 0 Å². The van der Waals surface area contributed by atoms with Crippen LogP contribution in [0, 0.1) is 3.57 Å². The van der Waals surface area contributed by atoms with E-state index in [0.29, 0.717) is 11.6 Å². The zero-order valence-electron chi connectivity index (χ0n) is 10.6. The Morgan fingerprint density at radius 3 is 2.38 bits per heavy atom. The second-order valence-corrected chi connectivity index (χ2v) is 7.40. The first-order valence-corrected chi connectivity index (χ1v) is 8.69. The lowest BCUT2D eigenvalue weighted by atomic mass is 10.0. The summed E-state index contributed by atoms with van der Waals surface area (Å²) in [4.78, 5) is 0. The highest BCUT2D eigenvalue weighted by molar-refractivity contribution is 14.1. The number of hydrogen-bond donors (Lipinski definition) is 1. The summed E-state index contributed by atoms with van der Waals surface area (Å²) in [6, 6.07) is 13.9. The van der Waals surface area contributed by atoms with Crippen molar-refractivity contribution in [1.82, 2.24) is 5.16 Å². The highest BCUT2D eigenvalue weighted by Gasteiger charge is 2.19. The van der Waals surface area contributed by atoms with Crippen molar-refractivity contribution < 1.29 is 4.52 Å². The summed E-state index contributed by atoms with van der Waals surface area (Å²) >= 11 is 9.20. The van der Waals surface area contributed by atoms with Gasteiger partial charge in [0.05, 0.1) is 5.56 Å². The van der Waals surface area contributed by atoms with Gasteiger partial charge in [-0.25, -0.2) is 0 Å². The molecule has 106 valence electrons. The molecule has 2 aromatic carbocycles. The van der Waals surface area contributed by atoms with Gasteiger partial charge in [-0.15, -0.1) is 0 Å². The van der Waals surface area contributed by atoms with E-state index in [9.17, 15) is 0 Å². The predicted molar refractivity (Wildman–Crippen MR) is 99.9 cm³/mol. The largest absolute Gasteiger partial charge is 0.380 e. The molecule has 0 fully saturated rings. The van der Waals surface area contributed by atoms with Crippen molar-refractivity contribution in [2.75, 3.05) is 5.73 Å². The molecule has 0 saturated heterocycles. The third-order valence-electron chi connectivity index (χ3n) is 3.02. The molecule has 0 aliphatic carbocycles. The van der Waals surface area contributed by atoms with E-state index in [1.165, 1.54) is 0 Å². The van der Waals surface area contributed by atoms with Crippen LogP contribution in [0.2, 0.25) is 0 Å². The van der Waals surface area contributed by atoms with Gasteiger partial charge in [0.25, 0.3) is 0 Å². The number of nitrogen functional groups attached to an aromatic ring is 1. The summed E-state index contributed by atoms with van der Waals surface area (Å²) < 4.78 is 8.56.